The van der Waals surface area contributed by atoms with Crippen LogP contribution in [-0.4, -0.2) is 44.8 Å². The zero-order valence-electron chi connectivity index (χ0n) is 12.2. The number of aryl methyl sites for hydroxylation is 1. The van der Waals surface area contributed by atoms with Crippen molar-refractivity contribution in [3.8, 4) is 0 Å². The van der Waals surface area contributed by atoms with Crippen molar-refractivity contribution in [1.29, 1.82) is 0 Å². The van der Waals surface area contributed by atoms with Gasteiger partial charge in [-0.3, -0.25) is 0 Å². The Kier molecular flexibility index (Phi) is 5.67. The minimum absolute atomic E-state index is 0.817. The van der Waals surface area contributed by atoms with Crippen molar-refractivity contribution < 1.29 is 4.74 Å². The third-order valence-corrected chi connectivity index (χ3v) is 3.86. The number of rotatable bonds is 6. The maximum absolute atomic E-state index is 5.40. The van der Waals surface area contributed by atoms with E-state index >= 15 is 0 Å². The number of ether oxygens (including phenoxy) is 1. The van der Waals surface area contributed by atoms with Gasteiger partial charge < -0.3 is 15.0 Å². The van der Waals surface area contributed by atoms with Crippen LogP contribution in [0.3, 0.4) is 0 Å². The summed E-state index contributed by atoms with van der Waals surface area (Å²) in [4.78, 5) is 2.43. The van der Waals surface area contributed by atoms with Gasteiger partial charge in [0.15, 0.2) is 0 Å². The van der Waals surface area contributed by atoms with E-state index in [-0.39, 0.29) is 0 Å². The van der Waals surface area contributed by atoms with Gasteiger partial charge in [-0.25, -0.2) is 0 Å². The molecule has 0 unspecified atom stereocenters. The number of likely N-dealkylation sites (N-methyl/N-ethyl adjacent to an activating group) is 1. The number of anilines is 1. The van der Waals surface area contributed by atoms with Crippen molar-refractivity contribution in [2.24, 2.45) is 5.92 Å². The fourth-order valence-corrected chi connectivity index (χ4v) is 2.61. The molecule has 0 radical (unpaired) electrons. The van der Waals surface area contributed by atoms with Crippen LogP contribution in [0.15, 0.2) is 24.3 Å². The minimum atomic E-state index is 0.817. The molecule has 1 aliphatic heterocycles. The third kappa shape index (κ3) is 4.84. The first kappa shape index (κ1) is 14.4. The van der Waals surface area contributed by atoms with E-state index < -0.39 is 0 Å². The summed E-state index contributed by atoms with van der Waals surface area (Å²) in [6, 6.07) is 8.46. The van der Waals surface area contributed by atoms with E-state index in [1.165, 1.54) is 30.6 Å². The topological polar surface area (TPSA) is 24.5 Å². The average Bonchev–Trinajstić information content (AvgIpc) is 2.42. The van der Waals surface area contributed by atoms with Crippen LogP contribution in [0, 0.1) is 12.8 Å². The molecule has 1 aromatic rings. The second-order valence-corrected chi connectivity index (χ2v) is 5.56. The van der Waals surface area contributed by atoms with Gasteiger partial charge in [0.2, 0.25) is 0 Å². The molecule has 0 spiro atoms. The number of nitrogens with zero attached hydrogens (tertiary/aromatic N) is 1. The molecule has 1 saturated heterocycles. The number of para-hydroxylation sites is 1. The molecule has 0 aliphatic carbocycles. The van der Waals surface area contributed by atoms with Crippen molar-refractivity contribution in [2.75, 3.05) is 45.2 Å². The highest BCUT2D eigenvalue weighted by molar-refractivity contribution is 5.50. The Hall–Kier alpha value is -1.06. The zero-order chi connectivity index (χ0) is 13.5. The van der Waals surface area contributed by atoms with Gasteiger partial charge in [0.05, 0.1) is 0 Å². The molecule has 0 aromatic heterocycles. The quantitative estimate of drug-likeness (QED) is 0.853. The van der Waals surface area contributed by atoms with Crippen molar-refractivity contribution in [3.05, 3.63) is 29.8 Å². The Labute approximate surface area is 116 Å². The van der Waals surface area contributed by atoms with Crippen LogP contribution in [0.1, 0.15) is 18.4 Å². The van der Waals surface area contributed by atoms with E-state index in [2.05, 4.69) is 48.5 Å². The number of hydrogen-bond acceptors (Lipinski definition) is 3. The van der Waals surface area contributed by atoms with Gasteiger partial charge in [0.25, 0.3) is 0 Å². The fourth-order valence-electron chi connectivity index (χ4n) is 2.61. The Balaban J connectivity index is 1.66. The molecule has 1 aromatic carbocycles. The molecule has 0 amide bonds. The lowest BCUT2D eigenvalue weighted by molar-refractivity contribution is 0.0562. The van der Waals surface area contributed by atoms with Gasteiger partial charge >= 0.3 is 0 Å². The summed E-state index contributed by atoms with van der Waals surface area (Å²) in [6.07, 6.45) is 2.44. The van der Waals surface area contributed by atoms with Crippen LogP contribution in [-0.2, 0) is 4.74 Å². The molecule has 0 bridgehead atoms. The molecule has 2 rings (SSSR count). The normalized spacial score (nSPS) is 16.8. The first-order valence-electron chi connectivity index (χ1n) is 7.31. The standard InChI is InChI=1S/C16H26N2O/c1-14-5-3-4-6-16(14)17-9-10-18(2)13-15-7-11-19-12-8-15/h3-6,15,17H,7-13H2,1-2H3. The zero-order valence-corrected chi connectivity index (χ0v) is 12.2. The maximum Gasteiger partial charge on any atom is 0.0469 e. The molecule has 0 atom stereocenters. The molecule has 1 heterocycles. The number of hydrogen-bond donors (Lipinski definition) is 1. The molecule has 19 heavy (non-hydrogen) atoms. The Bertz CT molecular complexity index is 375. The van der Waals surface area contributed by atoms with Gasteiger partial charge in [0.1, 0.15) is 0 Å². The van der Waals surface area contributed by atoms with Crippen molar-refractivity contribution in [1.82, 2.24) is 4.90 Å². The molecular weight excluding hydrogens is 236 g/mol. The van der Waals surface area contributed by atoms with Gasteiger partial charge in [-0.2, -0.15) is 0 Å². The van der Waals surface area contributed by atoms with Crippen LogP contribution in [0.25, 0.3) is 0 Å². The predicted octanol–water partition coefficient (Wildman–Crippen LogP) is 2.77. The SMILES string of the molecule is Cc1ccccc1NCCN(C)CC1CCOCC1. The summed E-state index contributed by atoms with van der Waals surface area (Å²) in [6.45, 7) is 7.32. The lowest BCUT2D eigenvalue weighted by Gasteiger charge is -2.27. The molecule has 1 N–H and O–H groups in total. The minimum Gasteiger partial charge on any atom is -0.384 e. The first-order valence-corrected chi connectivity index (χ1v) is 7.31. The van der Waals surface area contributed by atoms with E-state index in [4.69, 9.17) is 4.74 Å². The predicted molar refractivity (Wildman–Crippen MR) is 80.7 cm³/mol. The second kappa shape index (κ2) is 7.51. The van der Waals surface area contributed by atoms with E-state index in [1.54, 1.807) is 0 Å². The van der Waals surface area contributed by atoms with Gasteiger partial charge in [-0.1, -0.05) is 18.2 Å². The smallest absolute Gasteiger partial charge is 0.0469 e. The van der Waals surface area contributed by atoms with Gasteiger partial charge in [0, 0.05) is 38.5 Å². The Morgan fingerprint density at radius 1 is 1.26 bits per heavy atom. The highest BCUT2D eigenvalue weighted by Crippen LogP contribution is 2.16. The molecule has 1 fully saturated rings. The van der Waals surface area contributed by atoms with Crippen LogP contribution in [0.2, 0.25) is 0 Å². The summed E-state index contributed by atoms with van der Waals surface area (Å²) < 4.78 is 5.40. The van der Waals surface area contributed by atoms with E-state index in [0.29, 0.717) is 0 Å². The van der Waals surface area contributed by atoms with Crippen LogP contribution >= 0.6 is 0 Å². The molecule has 0 saturated carbocycles. The van der Waals surface area contributed by atoms with Crippen LogP contribution in [0.5, 0.6) is 0 Å². The van der Waals surface area contributed by atoms with Crippen molar-refractivity contribution >= 4 is 5.69 Å². The third-order valence-electron chi connectivity index (χ3n) is 3.86. The van der Waals surface area contributed by atoms with E-state index in [0.717, 1.165) is 32.2 Å². The monoisotopic (exact) mass is 262 g/mol. The molecular formula is C16H26N2O. The fraction of sp³-hybridized carbons (Fsp3) is 0.625. The average molecular weight is 262 g/mol. The largest absolute Gasteiger partial charge is 0.384 e. The van der Waals surface area contributed by atoms with Crippen molar-refractivity contribution in [3.63, 3.8) is 0 Å². The van der Waals surface area contributed by atoms with E-state index in [1.807, 2.05) is 0 Å². The van der Waals surface area contributed by atoms with Gasteiger partial charge in [-0.15, -0.1) is 0 Å². The molecule has 3 heteroatoms. The van der Waals surface area contributed by atoms with Crippen molar-refractivity contribution in [2.45, 2.75) is 19.8 Å². The van der Waals surface area contributed by atoms with E-state index in [9.17, 15) is 0 Å². The molecule has 1 aliphatic rings. The first-order chi connectivity index (χ1) is 9.25. The van der Waals surface area contributed by atoms with Crippen LogP contribution < -0.4 is 5.32 Å². The van der Waals surface area contributed by atoms with Gasteiger partial charge in [-0.05, 0) is 44.4 Å². The molecule has 106 valence electrons. The summed E-state index contributed by atoms with van der Waals surface area (Å²) in [5.41, 5.74) is 2.57. The summed E-state index contributed by atoms with van der Waals surface area (Å²) in [7, 11) is 2.22. The van der Waals surface area contributed by atoms with Crippen LogP contribution in [0.4, 0.5) is 5.69 Å². The lowest BCUT2D eigenvalue weighted by atomic mass is 10.00. The summed E-state index contributed by atoms with van der Waals surface area (Å²) in [5.74, 6) is 0.817. The number of nitrogens with one attached hydrogen (secondary N) is 1. The number of benzene rings is 1. The highest BCUT2D eigenvalue weighted by Gasteiger charge is 2.15. The maximum atomic E-state index is 5.40. The second-order valence-electron chi connectivity index (χ2n) is 5.56. The lowest BCUT2D eigenvalue weighted by Crippen LogP contribution is -2.32. The summed E-state index contributed by atoms with van der Waals surface area (Å²) >= 11 is 0. The molecule has 3 nitrogen and oxygen atoms in total. The highest BCUT2D eigenvalue weighted by atomic mass is 16.5. The Morgan fingerprint density at radius 2 is 2.00 bits per heavy atom. The Morgan fingerprint density at radius 3 is 2.74 bits per heavy atom. The summed E-state index contributed by atoms with van der Waals surface area (Å²) in [5, 5.41) is 3.51.